The average molecular weight is 267 g/mol. The molecule has 0 saturated heterocycles. The second-order valence-electron chi connectivity index (χ2n) is 3.53. The Morgan fingerprint density at radius 1 is 1.22 bits per heavy atom. The van der Waals surface area contributed by atoms with E-state index in [0.717, 1.165) is 6.07 Å². The second kappa shape index (κ2) is 4.61. The van der Waals surface area contributed by atoms with Crippen LogP contribution in [0, 0.1) is 5.82 Å². The Kier molecular flexibility index (Phi) is 3.15. The highest BCUT2D eigenvalue weighted by Crippen LogP contribution is 2.16. The smallest absolute Gasteiger partial charge is 0.262 e. The van der Waals surface area contributed by atoms with Crippen LogP contribution in [0.15, 0.2) is 47.5 Å². The van der Waals surface area contributed by atoms with Gasteiger partial charge in [0, 0.05) is 0 Å². The summed E-state index contributed by atoms with van der Waals surface area (Å²) in [6.45, 7) is 0. The summed E-state index contributed by atoms with van der Waals surface area (Å²) in [5.41, 5.74) is 5.64. The lowest BCUT2D eigenvalue weighted by atomic mass is 10.4. The summed E-state index contributed by atoms with van der Waals surface area (Å²) in [6.07, 6.45) is 1.28. The van der Waals surface area contributed by atoms with Crippen LogP contribution in [-0.2, 0) is 10.0 Å². The Balaban J connectivity index is 2.30. The molecule has 2 rings (SSSR count). The Morgan fingerprint density at radius 3 is 2.61 bits per heavy atom. The number of pyridine rings is 1. The lowest BCUT2D eigenvalue weighted by Crippen LogP contribution is -2.13. The number of hydrogen-bond acceptors (Lipinski definition) is 4. The van der Waals surface area contributed by atoms with Gasteiger partial charge >= 0.3 is 0 Å². The first-order valence-corrected chi connectivity index (χ1v) is 6.45. The summed E-state index contributed by atoms with van der Waals surface area (Å²) < 4.78 is 39.0. The molecule has 0 spiro atoms. The number of halogens is 1. The van der Waals surface area contributed by atoms with Gasteiger partial charge in [-0.3, -0.25) is 4.72 Å². The standard InChI is InChI=1S/C11H10FN3O2S/c12-8-2-1-3-10(6-8)18(16,17)15-9-4-5-11(13)14-7-9/h1-7,15H,(H2,13,14). The molecule has 0 bridgehead atoms. The van der Waals surface area contributed by atoms with Gasteiger partial charge in [0.15, 0.2) is 0 Å². The minimum atomic E-state index is -3.82. The van der Waals surface area contributed by atoms with Crippen molar-refractivity contribution in [2.75, 3.05) is 10.5 Å². The Hall–Kier alpha value is -2.15. The summed E-state index contributed by atoms with van der Waals surface area (Å²) >= 11 is 0. The molecule has 0 fully saturated rings. The van der Waals surface area contributed by atoms with Crippen LogP contribution in [-0.4, -0.2) is 13.4 Å². The zero-order valence-electron chi connectivity index (χ0n) is 9.17. The molecule has 0 saturated carbocycles. The molecule has 5 nitrogen and oxygen atoms in total. The van der Waals surface area contributed by atoms with E-state index in [-0.39, 0.29) is 16.4 Å². The molecule has 0 aliphatic carbocycles. The molecule has 0 amide bonds. The molecule has 7 heteroatoms. The molecule has 0 unspecified atom stereocenters. The monoisotopic (exact) mass is 267 g/mol. The molecule has 18 heavy (non-hydrogen) atoms. The van der Waals surface area contributed by atoms with Crippen molar-refractivity contribution < 1.29 is 12.8 Å². The molecular weight excluding hydrogens is 257 g/mol. The largest absolute Gasteiger partial charge is 0.384 e. The summed E-state index contributed by atoms with van der Waals surface area (Å²) in [7, 11) is -3.82. The molecule has 3 N–H and O–H groups in total. The van der Waals surface area contributed by atoms with E-state index in [1.807, 2.05) is 0 Å². The van der Waals surface area contributed by atoms with Crippen LogP contribution in [0.4, 0.5) is 15.9 Å². The predicted octanol–water partition coefficient (Wildman–Crippen LogP) is 1.60. The van der Waals surface area contributed by atoms with Crippen molar-refractivity contribution in [3.05, 3.63) is 48.4 Å². The van der Waals surface area contributed by atoms with Gasteiger partial charge in [0.25, 0.3) is 10.0 Å². The van der Waals surface area contributed by atoms with Crippen molar-refractivity contribution in [3.63, 3.8) is 0 Å². The van der Waals surface area contributed by atoms with E-state index >= 15 is 0 Å². The van der Waals surface area contributed by atoms with Gasteiger partial charge < -0.3 is 5.73 Å². The highest BCUT2D eigenvalue weighted by molar-refractivity contribution is 7.92. The van der Waals surface area contributed by atoms with Gasteiger partial charge in [-0.1, -0.05) is 6.07 Å². The number of nitrogen functional groups attached to an aromatic ring is 1. The van der Waals surface area contributed by atoms with E-state index < -0.39 is 15.8 Å². The molecule has 0 radical (unpaired) electrons. The van der Waals surface area contributed by atoms with Gasteiger partial charge in [-0.05, 0) is 30.3 Å². The quantitative estimate of drug-likeness (QED) is 0.884. The number of rotatable bonds is 3. The average Bonchev–Trinajstić information content (AvgIpc) is 2.32. The summed E-state index contributed by atoms with van der Waals surface area (Å²) in [4.78, 5) is 3.60. The SMILES string of the molecule is Nc1ccc(NS(=O)(=O)c2cccc(F)c2)cn1. The molecular formula is C11H10FN3O2S. The van der Waals surface area contributed by atoms with Gasteiger partial charge in [-0.15, -0.1) is 0 Å². The van der Waals surface area contributed by atoms with Gasteiger partial charge in [0.05, 0.1) is 16.8 Å². The molecule has 1 aromatic heterocycles. The molecule has 0 atom stereocenters. The van der Waals surface area contributed by atoms with Crippen LogP contribution >= 0.6 is 0 Å². The number of hydrogen-bond donors (Lipinski definition) is 2. The van der Waals surface area contributed by atoms with Crippen LogP contribution in [0.1, 0.15) is 0 Å². The van der Waals surface area contributed by atoms with E-state index in [9.17, 15) is 12.8 Å². The van der Waals surface area contributed by atoms with Crippen molar-refractivity contribution in [3.8, 4) is 0 Å². The van der Waals surface area contributed by atoms with Gasteiger partial charge in [-0.2, -0.15) is 0 Å². The second-order valence-corrected chi connectivity index (χ2v) is 5.22. The van der Waals surface area contributed by atoms with Crippen molar-refractivity contribution in [1.29, 1.82) is 0 Å². The van der Waals surface area contributed by atoms with E-state index in [1.54, 1.807) is 0 Å². The first-order chi connectivity index (χ1) is 8.47. The fourth-order valence-corrected chi connectivity index (χ4v) is 2.39. The van der Waals surface area contributed by atoms with Crippen molar-refractivity contribution in [1.82, 2.24) is 4.98 Å². The van der Waals surface area contributed by atoms with Crippen LogP contribution < -0.4 is 10.5 Å². The lowest BCUT2D eigenvalue weighted by molar-refractivity contribution is 0.595. The van der Waals surface area contributed by atoms with Gasteiger partial charge in [0.2, 0.25) is 0 Å². The minimum absolute atomic E-state index is 0.153. The maximum atomic E-state index is 13.0. The van der Waals surface area contributed by atoms with E-state index in [1.165, 1.54) is 36.5 Å². The number of nitrogens with one attached hydrogen (secondary N) is 1. The summed E-state index contributed by atoms with van der Waals surface area (Å²) in [5.74, 6) is -0.336. The highest BCUT2D eigenvalue weighted by atomic mass is 32.2. The summed E-state index contributed by atoms with van der Waals surface area (Å²) in [6, 6.07) is 7.67. The van der Waals surface area contributed by atoms with Gasteiger partial charge in [-0.25, -0.2) is 17.8 Å². The predicted molar refractivity (Wildman–Crippen MR) is 65.9 cm³/mol. The molecule has 94 valence electrons. The first-order valence-electron chi connectivity index (χ1n) is 4.97. The fraction of sp³-hybridized carbons (Fsp3) is 0. The molecule has 0 aliphatic rings. The number of nitrogens with zero attached hydrogens (tertiary/aromatic N) is 1. The highest BCUT2D eigenvalue weighted by Gasteiger charge is 2.14. The number of nitrogens with two attached hydrogens (primary N) is 1. The van der Waals surface area contributed by atoms with Crippen LogP contribution in [0.5, 0.6) is 0 Å². The summed E-state index contributed by atoms with van der Waals surface area (Å²) in [5, 5.41) is 0. The first kappa shape index (κ1) is 12.3. The number of aromatic nitrogens is 1. The third-order valence-corrected chi connectivity index (χ3v) is 3.52. The number of anilines is 2. The van der Waals surface area contributed by atoms with Crippen LogP contribution in [0.3, 0.4) is 0 Å². The topological polar surface area (TPSA) is 85.1 Å². The zero-order valence-corrected chi connectivity index (χ0v) is 9.99. The van der Waals surface area contributed by atoms with E-state index in [4.69, 9.17) is 5.73 Å². The normalized spacial score (nSPS) is 11.2. The van der Waals surface area contributed by atoms with Crippen LogP contribution in [0.2, 0.25) is 0 Å². The minimum Gasteiger partial charge on any atom is -0.384 e. The third-order valence-electron chi connectivity index (χ3n) is 2.14. The van der Waals surface area contributed by atoms with Crippen molar-refractivity contribution >= 4 is 21.5 Å². The molecule has 2 aromatic rings. The van der Waals surface area contributed by atoms with E-state index in [2.05, 4.69) is 9.71 Å². The Labute approximate surface area is 104 Å². The fourth-order valence-electron chi connectivity index (χ4n) is 1.31. The van der Waals surface area contributed by atoms with Gasteiger partial charge in [0.1, 0.15) is 11.6 Å². The molecule has 0 aliphatic heterocycles. The maximum absolute atomic E-state index is 13.0. The lowest BCUT2D eigenvalue weighted by Gasteiger charge is -2.07. The third kappa shape index (κ3) is 2.75. The molecule has 1 aromatic carbocycles. The Morgan fingerprint density at radius 2 is 2.00 bits per heavy atom. The van der Waals surface area contributed by atoms with E-state index in [0.29, 0.717) is 0 Å². The number of sulfonamides is 1. The van der Waals surface area contributed by atoms with Crippen molar-refractivity contribution in [2.24, 2.45) is 0 Å². The Bertz CT molecular complexity index is 656. The molecule has 1 heterocycles. The maximum Gasteiger partial charge on any atom is 0.262 e. The van der Waals surface area contributed by atoms with Crippen LogP contribution in [0.25, 0.3) is 0 Å². The number of benzene rings is 1. The zero-order chi connectivity index (χ0) is 13.2. The van der Waals surface area contributed by atoms with Crippen molar-refractivity contribution in [2.45, 2.75) is 4.90 Å².